The summed E-state index contributed by atoms with van der Waals surface area (Å²) in [6.45, 7) is 10.7. The molecule has 1 atom stereocenters. The smallest absolute Gasteiger partial charge is 0.273 e. The molecule has 4 rings (SSSR count). The van der Waals surface area contributed by atoms with Crippen LogP contribution < -0.4 is 4.74 Å². The molecule has 3 aromatic rings. The number of phenolic OH excluding ortho intramolecular Hbond substituents is 1. The minimum atomic E-state index is -0.316. The molecule has 0 aliphatic carbocycles. The Bertz CT molecular complexity index is 1130. The number of amides is 1. The van der Waals surface area contributed by atoms with Crippen molar-refractivity contribution >= 4 is 5.91 Å². The third kappa shape index (κ3) is 3.58. The molecule has 0 saturated heterocycles. The zero-order chi connectivity index (χ0) is 22.1. The van der Waals surface area contributed by atoms with Crippen LogP contribution in [0.3, 0.4) is 0 Å². The van der Waals surface area contributed by atoms with Gasteiger partial charge in [-0.05, 0) is 55.2 Å². The van der Waals surface area contributed by atoms with Gasteiger partial charge in [-0.1, -0.05) is 37.8 Å². The van der Waals surface area contributed by atoms with Gasteiger partial charge >= 0.3 is 0 Å². The number of aromatic nitrogens is 2. The standard InChI is InChI=1S/C25H27N3O3/c1-5-10-28-24(17-8-7-9-18(14-17)31-11-6-2)21-22(26-27-23(21)25(28)30)20-16(4)12-15(3)13-19(20)29/h6-9,12-14,24,29H,2,5,10-11H2,1,3-4H3,(H,26,27). The molecular weight excluding hydrogens is 390 g/mol. The highest BCUT2D eigenvalue weighted by Gasteiger charge is 2.42. The summed E-state index contributed by atoms with van der Waals surface area (Å²) in [6.07, 6.45) is 2.53. The van der Waals surface area contributed by atoms with Gasteiger partial charge in [0.15, 0.2) is 0 Å². The highest BCUT2D eigenvalue weighted by Crippen LogP contribution is 2.46. The highest BCUT2D eigenvalue weighted by molar-refractivity contribution is 6.00. The van der Waals surface area contributed by atoms with Crippen LogP contribution in [0.5, 0.6) is 11.5 Å². The zero-order valence-corrected chi connectivity index (χ0v) is 18.1. The van der Waals surface area contributed by atoms with Crippen LogP contribution in [-0.4, -0.2) is 39.3 Å². The Labute approximate surface area is 182 Å². The largest absolute Gasteiger partial charge is 0.507 e. The van der Waals surface area contributed by atoms with Crippen molar-refractivity contribution in [2.24, 2.45) is 0 Å². The van der Waals surface area contributed by atoms with E-state index in [-0.39, 0.29) is 17.7 Å². The lowest BCUT2D eigenvalue weighted by atomic mass is 9.93. The Morgan fingerprint density at radius 1 is 1.29 bits per heavy atom. The van der Waals surface area contributed by atoms with E-state index in [0.717, 1.165) is 28.7 Å². The normalized spacial score (nSPS) is 15.3. The quantitative estimate of drug-likeness (QED) is 0.535. The lowest BCUT2D eigenvalue weighted by Gasteiger charge is -2.26. The summed E-state index contributed by atoms with van der Waals surface area (Å²) in [6, 6.07) is 11.2. The van der Waals surface area contributed by atoms with E-state index < -0.39 is 0 Å². The maximum atomic E-state index is 13.2. The lowest BCUT2D eigenvalue weighted by Crippen LogP contribution is -2.30. The molecule has 6 heteroatoms. The summed E-state index contributed by atoms with van der Waals surface area (Å²) in [4.78, 5) is 15.1. The number of aryl methyl sites for hydroxylation is 2. The number of nitrogens with zero attached hydrogens (tertiary/aromatic N) is 2. The van der Waals surface area contributed by atoms with Gasteiger partial charge < -0.3 is 14.7 Å². The van der Waals surface area contributed by atoms with Crippen LogP contribution in [0.15, 0.2) is 49.1 Å². The molecule has 1 unspecified atom stereocenters. The van der Waals surface area contributed by atoms with Crippen LogP contribution in [0.4, 0.5) is 0 Å². The second-order valence-electron chi connectivity index (χ2n) is 7.91. The second-order valence-corrected chi connectivity index (χ2v) is 7.91. The molecule has 160 valence electrons. The number of hydrogen-bond donors (Lipinski definition) is 2. The van der Waals surface area contributed by atoms with E-state index in [0.29, 0.717) is 35.9 Å². The number of hydrogen-bond acceptors (Lipinski definition) is 4. The van der Waals surface area contributed by atoms with Crippen molar-refractivity contribution < 1.29 is 14.6 Å². The monoisotopic (exact) mass is 417 g/mol. The number of H-pyrrole nitrogens is 1. The third-order valence-corrected chi connectivity index (χ3v) is 5.57. The van der Waals surface area contributed by atoms with Crippen LogP contribution in [0.2, 0.25) is 0 Å². The lowest BCUT2D eigenvalue weighted by molar-refractivity contribution is 0.0743. The van der Waals surface area contributed by atoms with E-state index in [1.54, 1.807) is 12.1 Å². The van der Waals surface area contributed by atoms with Crippen molar-refractivity contribution in [3.8, 4) is 22.8 Å². The number of benzene rings is 2. The molecule has 0 fully saturated rings. The number of fused-ring (bicyclic) bond motifs is 1. The molecule has 0 bridgehead atoms. The molecule has 2 heterocycles. The molecule has 1 aliphatic heterocycles. The molecule has 6 nitrogen and oxygen atoms in total. The van der Waals surface area contributed by atoms with Gasteiger partial charge in [0.05, 0.1) is 6.04 Å². The summed E-state index contributed by atoms with van der Waals surface area (Å²) in [7, 11) is 0. The number of phenols is 1. The van der Waals surface area contributed by atoms with Crippen molar-refractivity contribution in [2.75, 3.05) is 13.2 Å². The van der Waals surface area contributed by atoms with E-state index >= 15 is 0 Å². The topological polar surface area (TPSA) is 78.5 Å². The number of rotatable bonds is 7. The van der Waals surface area contributed by atoms with Crippen LogP contribution in [-0.2, 0) is 0 Å². The van der Waals surface area contributed by atoms with Crippen molar-refractivity contribution in [3.05, 3.63) is 77.0 Å². The van der Waals surface area contributed by atoms with E-state index in [9.17, 15) is 9.90 Å². The van der Waals surface area contributed by atoms with E-state index in [2.05, 4.69) is 23.7 Å². The van der Waals surface area contributed by atoms with Gasteiger partial charge in [-0.15, -0.1) is 0 Å². The average molecular weight is 418 g/mol. The minimum Gasteiger partial charge on any atom is -0.507 e. The molecule has 1 amide bonds. The minimum absolute atomic E-state index is 0.0812. The molecule has 0 saturated carbocycles. The summed E-state index contributed by atoms with van der Waals surface area (Å²) in [5.74, 6) is 0.798. The fourth-order valence-corrected chi connectivity index (χ4v) is 4.39. The number of aromatic amines is 1. The summed E-state index contributed by atoms with van der Waals surface area (Å²) >= 11 is 0. The van der Waals surface area contributed by atoms with E-state index in [1.807, 2.05) is 49.1 Å². The van der Waals surface area contributed by atoms with Gasteiger partial charge in [-0.3, -0.25) is 9.89 Å². The van der Waals surface area contributed by atoms with Gasteiger partial charge in [0.1, 0.15) is 29.5 Å². The number of carbonyl (C=O) groups excluding carboxylic acids is 1. The van der Waals surface area contributed by atoms with Crippen molar-refractivity contribution in [3.63, 3.8) is 0 Å². The van der Waals surface area contributed by atoms with Gasteiger partial charge in [0.2, 0.25) is 0 Å². The average Bonchev–Trinajstić information content (AvgIpc) is 3.26. The Morgan fingerprint density at radius 2 is 2.10 bits per heavy atom. The Hall–Kier alpha value is -3.54. The Kier molecular flexibility index (Phi) is 5.55. The molecule has 1 aliphatic rings. The summed E-state index contributed by atoms with van der Waals surface area (Å²) < 4.78 is 5.73. The van der Waals surface area contributed by atoms with E-state index in [1.165, 1.54) is 0 Å². The van der Waals surface area contributed by atoms with E-state index in [4.69, 9.17) is 4.74 Å². The van der Waals surface area contributed by atoms with Gasteiger partial charge in [0, 0.05) is 17.7 Å². The summed E-state index contributed by atoms with van der Waals surface area (Å²) in [5.41, 5.74) is 5.35. The number of nitrogens with one attached hydrogen (secondary N) is 1. The molecular formula is C25H27N3O3. The fraction of sp³-hybridized carbons (Fsp3) is 0.280. The van der Waals surface area contributed by atoms with Crippen LogP contribution in [0, 0.1) is 13.8 Å². The molecule has 2 aromatic carbocycles. The Balaban J connectivity index is 1.89. The first-order chi connectivity index (χ1) is 15.0. The molecule has 2 N–H and O–H groups in total. The second kappa shape index (κ2) is 8.30. The SMILES string of the molecule is C=CCOc1cccc(C2c3c(-c4c(C)cc(C)cc4O)n[nH]c3C(=O)N2CCC)c1. The van der Waals surface area contributed by atoms with Crippen molar-refractivity contribution in [1.82, 2.24) is 15.1 Å². The number of aromatic hydroxyl groups is 1. The molecule has 0 radical (unpaired) electrons. The number of carbonyl (C=O) groups is 1. The van der Waals surface area contributed by atoms with Gasteiger partial charge in [0.25, 0.3) is 5.91 Å². The zero-order valence-electron chi connectivity index (χ0n) is 18.1. The summed E-state index contributed by atoms with van der Waals surface area (Å²) in [5, 5.41) is 18.1. The maximum absolute atomic E-state index is 13.2. The first kappa shape index (κ1) is 20.7. The first-order valence-electron chi connectivity index (χ1n) is 10.5. The van der Waals surface area contributed by atoms with Gasteiger partial charge in [-0.25, -0.2) is 0 Å². The van der Waals surface area contributed by atoms with Crippen LogP contribution in [0.25, 0.3) is 11.3 Å². The maximum Gasteiger partial charge on any atom is 0.273 e. The van der Waals surface area contributed by atoms with Crippen LogP contribution in [0.1, 0.15) is 52.1 Å². The Morgan fingerprint density at radius 3 is 2.81 bits per heavy atom. The third-order valence-electron chi connectivity index (χ3n) is 5.57. The fourth-order valence-electron chi connectivity index (χ4n) is 4.39. The predicted molar refractivity (Wildman–Crippen MR) is 120 cm³/mol. The molecule has 31 heavy (non-hydrogen) atoms. The number of ether oxygens (including phenoxy) is 1. The highest BCUT2D eigenvalue weighted by atomic mass is 16.5. The van der Waals surface area contributed by atoms with Crippen LogP contribution >= 0.6 is 0 Å². The molecule has 1 aromatic heterocycles. The van der Waals surface area contributed by atoms with Gasteiger partial charge in [-0.2, -0.15) is 5.10 Å². The molecule has 0 spiro atoms. The van der Waals surface area contributed by atoms with Crippen molar-refractivity contribution in [2.45, 2.75) is 33.2 Å². The predicted octanol–water partition coefficient (Wildman–Crippen LogP) is 4.92. The first-order valence-corrected chi connectivity index (χ1v) is 10.5. The van der Waals surface area contributed by atoms with Crippen molar-refractivity contribution in [1.29, 1.82) is 0 Å².